The first-order valence-corrected chi connectivity index (χ1v) is 3.68. The van der Waals surface area contributed by atoms with E-state index < -0.39 is 0 Å². The zero-order chi connectivity index (χ0) is 7.98. The molecule has 0 aromatic heterocycles. The standard InChI is InChI=1S/C8H16N2.2Li/c1-7(2)9-5-6-10-8(3)4;;/h5-8H,1-4H3;;/q-2;2*+1. The van der Waals surface area contributed by atoms with Crippen LogP contribution >= 0.6 is 0 Å². The van der Waals surface area contributed by atoms with E-state index in [0.29, 0.717) is 12.1 Å². The van der Waals surface area contributed by atoms with E-state index in [4.69, 9.17) is 0 Å². The van der Waals surface area contributed by atoms with Gasteiger partial charge in [0.25, 0.3) is 0 Å². The molecule has 0 heterocycles. The molecule has 0 aliphatic carbocycles. The molecule has 0 aromatic rings. The normalized spacial score (nSPS) is 9.50. The second-order valence-electron chi connectivity index (χ2n) is 2.78. The van der Waals surface area contributed by atoms with Crippen LogP contribution in [0.2, 0.25) is 0 Å². The Morgan fingerprint density at radius 1 is 0.750 bits per heavy atom. The zero-order valence-corrected chi connectivity index (χ0v) is 9.20. The smallest absolute Gasteiger partial charge is 0.690 e. The molecule has 0 aromatic carbocycles. The molecule has 60 valence electrons. The van der Waals surface area contributed by atoms with Crippen molar-refractivity contribution in [3.8, 4) is 0 Å². The third-order valence-corrected chi connectivity index (χ3v) is 0.835. The van der Waals surface area contributed by atoms with Crippen LogP contribution in [0.5, 0.6) is 0 Å². The Bertz CT molecular complexity index is 91.2. The Balaban J connectivity index is -0.000000405. The summed E-state index contributed by atoms with van der Waals surface area (Å²) in [6.45, 7) is 8.17. The summed E-state index contributed by atoms with van der Waals surface area (Å²) >= 11 is 0. The molecular weight excluding hydrogens is 138 g/mol. The minimum atomic E-state index is 0. The average Bonchev–Trinajstić information content (AvgIpc) is 1.79. The van der Waals surface area contributed by atoms with Crippen LogP contribution in [0.15, 0.2) is 12.4 Å². The summed E-state index contributed by atoms with van der Waals surface area (Å²) in [5, 5.41) is 8.24. The monoisotopic (exact) mass is 154 g/mol. The summed E-state index contributed by atoms with van der Waals surface area (Å²) in [6, 6.07) is 0.747. The Morgan fingerprint density at radius 3 is 1.17 bits per heavy atom. The fourth-order valence-electron chi connectivity index (χ4n) is 0.421. The van der Waals surface area contributed by atoms with Crippen molar-refractivity contribution in [2.45, 2.75) is 39.8 Å². The van der Waals surface area contributed by atoms with Crippen molar-refractivity contribution in [2.75, 3.05) is 0 Å². The van der Waals surface area contributed by atoms with Gasteiger partial charge < -0.3 is 10.6 Å². The second-order valence-corrected chi connectivity index (χ2v) is 2.78. The van der Waals surface area contributed by atoms with Gasteiger partial charge in [-0.05, 0) is 0 Å². The fourth-order valence-corrected chi connectivity index (χ4v) is 0.421. The topological polar surface area (TPSA) is 28.2 Å². The van der Waals surface area contributed by atoms with Gasteiger partial charge >= 0.3 is 37.7 Å². The van der Waals surface area contributed by atoms with Crippen LogP contribution in [0.25, 0.3) is 10.6 Å². The first-order chi connectivity index (χ1) is 4.63. The third-order valence-electron chi connectivity index (χ3n) is 0.835. The summed E-state index contributed by atoms with van der Waals surface area (Å²) in [4.78, 5) is 0. The van der Waals surface area contributed by atoms with E-state index in [9.17, 15) is 0 Å². The Morgan fingerprint density at radius 2 is 1.00 bits per heavy atom. The van der Waals surface area contributed by atoms with Crippen molar-refractivity contribution >= 4 is 0 Å². The fraction of sp³-hybridized carbons (Fsp3) is 0.750. The number of rotatable bonds is 4. The van der Waals surface area contributed by atoms with E-state index in [1.165, 1.54) is 0 Å². The van der Waals surface area contributed by atoms with Crippen LogP contribution in [0, 0.1) is 0 Å². The number of nitrogens with zero attached hydrogens (tertiary/aromatic N) is 2. The third kappa shape index (κ3) is 16.9. The second kappa shape index (κ2) is 11.5. The van der Waals surface area contributed by atoms with E-state index in [2.05, 4.69) is 10.6 Å². The maximum Gasteiger partial charge on any atom is 1.00 e. The van der Waals surface area contributed by atoms with Crippen LogP contribution in [-0.2, 0) is 0 Å². The van der Waals surface area contributed by atoms with Crippen molar-refractivity contribution < 1.29 is 37.7 Å². The molecule has 0 radical (unpaired) electrons. The van der Waals surface area contributed by atoms with Crippen LogP contribution in [0.1, 0.15) is 27.7 Å². The van der Waals surface area contributed by atoms with Gasteiger partial charge in [-0.1, -0.05) is 27.7 Å². The van der Waals surface area contributed by atoms with Gasteiger partial charge in [-0.15, -0.1) is 12.1 Å². The molecule has 0 fully saturated rings. The number of hydrogen-bond donors (Lipinski definition) is 0. The molecule has 0 atom stereocenters. The Kier molecular flexibility index (Phi) is 17.6. The van der Waals surface area contributed by atoms with E-state index in [-0.39, 0.29) is 37.7 Å². The summed E-state index contributed by atoms with van der Waals surface area (Å²) < 4.78 is 0. The molecule has 0 saturated heterocycles. The van der Waals surface area contributed by atoms with Gasteiger partial charge in [-0.3, -0.25) is 0 Å². The molecule has 0 rings (SSSR count). The summed E-state index contributed by atoms with van der Waals surface area (Å²) in [5.41, 5.74) is 0. The van der Waals surface area contributed by atoms with Gasteiger partial charge in [0.1, 0.15) is 0 Å². The van der Waals surface area contributed by atoms with Gasteiger partial charge in [0.2, 0.25) is 0 Å². The van der Waals surface area contributed by atoms with E-state index in [1.807, 2.05) is 27.7 Å². The van der Waals surface area contributed by atoms with E-state index >= 15 is 0 Å². The molecule has 0 N–H and O–H groups in total. The van der Waals surface area contributed by atoms with E-state index in [0.717, 1.165) is 0 Å². The summed E-state index contributed by atoms with van der Waals surface area (Å²) in [7, 11) is 0. The molecule has 0 amide bonds. The minimum Gasteiger partial charge on any atom is -0.690 e. The van der Waals surface area contributed by atoms with Crippen molar-refractivity contribution in [2.24, 2.45) is 0 Å². The zero-order valence-electron chi connectivity index (χ0n) is 9.20. The van der Waals surface area contributed by atoms with Crippen LogP contribution < -0.4 is 37.7 Å². The molecular formula is C8H16Li2N2. The van der Waals surface area contributed by atoms with Gasteiger partial charge in [0, 0.05) is 0 Å². The Hall–Kier alpha value is 0.535. The molecule has 0 unspecified atom stereocenters. The molecule has 4 heteroatoms. The van der Waals surface area contributed by atoms with Gasteiger partial charge in [0.15, 0.2) is 0 Å². The van der Waals surface area contributed by atoms with E-state index in [1.54, 1.807) is 12.4 Å². The molecule has 12 heavy (non-hydrogen) atoms. The quantitative estimate of drug-likeness (QED) is 0.387. The molecule has 0 saturated carbocycles. The van der Waals surface area contributed by atoms with Gasteiger partial charge in [-0.25, -0.2) is 12.4 Å². The predicted molar refractivity (Wildman–Crippen MR) is 46.1 cm³/mol. The van der Waals surface area contributed by atoms with Crippen LogP contribution in [-0.4, -0.2) is 12.1 Å². The first kappa shape index (κ1) is 18.3. The predicted octanol–water partition coefficient (Wildman–Crippen LogP) is -2.97. The maximum absolute atomic E-state index is 4.12. The molecule has 2 nitrogen and oxygen atoms in total. The minimum absolute atomic E-state index is 0. The van der Waals surface area contributed by atoms with Crippen molar-refractivity contribution in [3.05, 3.63) is 23.0 Å². The summed E-state index contributed by atoms with van der Waals surface area (Å²) in [6.07, 6.45) is 3.51. The largest absolute Gasteiger partial charge is 1.00 e. The Labute approximate surface area is 100 Å². The van der Waals surface area contributed by atoms with Gasteiger partial charge in [0.05, 0.1) is 0 Å². The molecule has 0 aliphatic heterocycles. The van der Waals surface area contributed by atoms with Crippen molar-refractivity contribution in [1.29, 1.82) is 0 Å². The van der Waals surface area contributed by atoms with Crippen LogP contribution in [0.3, 0.4) is 0 Å². The maximum atomic E-state index is 4.12. The van der Waals surface area contributed by atoms with Gasteiger partial charge in [-0.2, -0.15) is 0 Å². The summed E-state index contributed by atoms with van der Waals surface area (Å²) in [5.74, 6) is 0. The molecule has 0 bridgehead atoms. The molecule has 0 aliphatic rings. The number of hydrogen-bond acceptors (Lipinski definition) is 0. The SMILES string of the molecule is CC(C)[N-]C=C[N-]C(C)C.[Li+].[Li+]. The van der Waals surface area contributed by atoms with Crippen molar-refractivity contribution in [3.63, 3.8) is 0 Å². The average molecular weight is 154 g/mol. The molecule has 0 spiro atoms. The van der Waals surface area contributed by atoms with Crippen LogP contribution in [0.4, 0.5) is 0 Å². The van der Waals surface area contributed by atoms with Crippen molar-refractivity contribution in [1.82, 2.24) is 0 Å². The first-order valence-electron chi connectivity index (χ1n) is 3.68.